The van der Waals surface area contributed by atoms with E-state index in [1.807, 2.05) is 16.9 Å². The van der Waals surface area contributed by atoms with Crippen LogP contribution >= 0.6 is 0 Å². The molecule has 0 radical (unpaired) electrons. The van der Waals surface area contributed by atoms with Crippen LogP contribution in [0.3, 0.4) is 0 Å². The Morgan fingerprint density at radius 3 is 3.00 bits per heavy atom. The lowest BCUT2D eigenvalue weighted by Gasteiger charge is -2.35. The highest BCUT2D eigenvalue weighted by atomic mass is 32.2. The van der Waals surface area contributed by atoms with Gasteiger partial charge in [-0.1, -0.05) is 0 Å². The average Bonchev–Trinajstić information content (AvgIpc) is 3.26. The lowest BCUT2D eigenvalue weighted by molar-refractivity contribution is 0.237. The van der Waals surface area contributed by atoms with E-state index in [1.165, 1.54) is 0 Å². The van der Waals surface area contributed by atoms with Gasteiger partial charge in [-0.15, -0.1) is 0 Å². The molecule has 0 spiro atoms. The molecule has 2 aromatic rings. The standard InChI is InChI=1S/C16H20N6OS/c1-19-15-13(2-7-20-15)14(18)12-10-21-22(11-12)16(3-6-17)4-8-24(23)9-5-16/h2,7,10-11,18-20H,3-5,8-9H2,1H3. The van der Waals surface area contributed by atoms with Gasteiger partial charge in [0.05, 0.1) is 29.9 Å². The minimum atomic E-state index is -0.800. The van der Waals surface area contributed by atoms with E-state index in [4.69, 9.17) is 5.41 Å². The van der Waals surface area contributed by atoms with E-state index in [0.29, 0.717) is 42.0 Å². The molecule has 0 bridgehead atoms. The van der Waals surface area contributed by atoms with Crippen LogP contribution in [0.15, 0.2) is 24.7 Å². The molecule has 3 heterocycles. The van der Waals surface area contributed by atoms with Crippen molar-refractivity contribution in [1.29, 1.82) is 10.7 Å². The molecule has 0 atom stereocenters. The summed E-state index contributed by atoms with van der Waals surface area (Å²) in [4.78, 5) is 3.05. The van der Waals surface area contributed by atoms with E-state index < -0.39 is 16.3 Å². The molecule has 0 unspecified atom stereocenters. The van der Waals surface area contributed by atoms with E-state index in [2.05, 4.69) is 21.5 Å². The first kappa shape index (κ1) is 16.5. The summed E-state index contributed by atoms with van der Waals surface area (Å²) in [5.74, 6) is 1.97. The summed E-state index contributed by atoms with van der Waals surface area (Å²) in [6, 6.07) is 4.09. The van der Waals surface area contributed by atoms with Crippen molar-refractivity contribution in [2.75, 3.05) is 23.9 Å². The number of nitrogens with zero attached hydrogens (tertiary/aromatic N) is 3. The van der Waals surface area contributed by atoms with E-state index >= 15 is 0 Å². The smallest absolute Gasteiger partial charge is 0.112 e. The van der Waals surface area contributed by atoms with Crippen molar-refractivity contribution in [3.8, 4) is 6.07 Å². The highest BCUT2D eigenvalue weighted by Gasteiger charge is 2.37. The predicted octanol–water partition coefficient (Wildman–Crippen LogP) is 1.82. The summed E-state index contributed by atoms with van der Waals surface area (Å²) in [5, 5.41) is 25.1. The van der Waals surface area contributed by atoms with Gasteiger partial charge in [-0.2, -0.15) is 10.4 Å². The lowest BCUT2D eigenvalue weighted by atomic mass is 9.89. The number of aromatic nitrogens is 3. The third kappa shape index (κ3) is 2.87. The first-order valence-corrected chi connectivity index (χ1v) is 9.30. The van der Waals surface area contributed by atoms with Gasteiger partial charge in [0.1, 0.15) is 5.82 Å². The molecule has 8 heteroatoms. The number of hydrogen-bond donors (Lipinski definition) is 3. The van der Waals surface area contributed by atoms with E-state index in [9.17, 15) is 9.47 Å². The summed E-state index contributed by atoms with van der Waals surface area (Å²) in [7, 11) is 1.00. The Morgan fingerprint density at radius 1 is 1.58 bits per heavy atom. The van der Waals surface area contributed by atoms with Gasteiger partial charge in [-0.3, -0.25) is 14.3 Å². The lowest BCUT2D eigenvalue weighted by Crippen LogP contribution is -2.40. The van der Waals surface area contributed by atoms with Crippen LogP contribution in [0.4, 0.5) is 5.82 Å². The van der Waals surface area contributed by atoms with Crippen molar-refractivity contribution in [3.63, 3.8) is 0 Å². The molecule has 0 aliphatic carbocycles. The molecule has 24 heavy (non-hydrogen) atoms. The Kier molecular flexibility index (Phi) is 4.53. The van der Waals surface area contributed by atoms with Gasteiger partial charge in [0.2, 0.25) is 0 Å². The number of H-pyrrole nitrogens is 1. The Labute approximate surface area is 143 Å². The molecule has 126 valence electrons. The second-order valence-corrected chi connectivity index (χ2v) is 7.67. The van der Waals surface area contributed by atoms with Gasteiger partial charge in [-0.25, -0.2) is 0 Å². The molecule has 2 aromatic heterocycles. The molecule has 3 N–H and O–H groups in total. The zero-order chi connectivity index (χ0) is 17.2. The topological polar surface area (TPSA) is 110 Å². The van der Waals surface area contributed by atoms with E-state index in [0.717, 1.165) is 11.4 Å². The SMILES string of the molecule is CNc1[nH]ccc1C(=N)c1cnn(C2(CC#N)CCS(=O)CC2)c1. The number of anilines is 1. The number of hydrogen-bond acceptors (Lipinski definition) is 5. The molecule has 0 aromatic carbocycles. The first-order chi connectivity index (χ1) is 11.6. The van der Waals surface area contributed by atoms with E-state index in [1.54, 1.807) is 19.4 Å². The fraction of sp³-hybridized carbons (Fsp3) is 0.438. The second kappa shape index (κ2) is 6.61. The van der Waals surface area contributed by atoms with Crippen LogP contribution in [0.25, 0.3) is 0 Å². The third-order valence-electron chi connectivity index (χ3n) is 4.62. The molecule has 7 nitrogen and oxygen atoms in total. The van der Waals surface area contributed by atoms with Crippen LogP contribution in [0.5, 0.6) is 0 Å². The van der Waals surface area contributed by atoms with Crippen molar-refractivity contribution < 1.29 is 4.21 Å². The minimum Gasteiger partial charge on any atom is -0.374 e. The average molecular weight is 344 g/mol. The molecule has 1 aliphatic heterocycles. The summed E-state index contributed by atoms with van der Waals surface area (Å²) >= 11 is 0. The van der Waals surface area contributed by atoms with Crippen LogP contribution in [0, 0.1) is 16.7 Å². The minimum absolute atomic E-state index is 0.338. The number of nitrogens with one attached hydrogen (secondary N) is 3. The van der Waals surface area contributed by atoms with Crippen LogP contribution < -0.4 is 5.32 Å². The van der Waals surface area contributed by atoms with Gasteiger partial charge in [0.15, 0.2) is 0 Å². The largest absolute Gasteiger partial charge is 0.374 e. The zero-order valence-electron chi connectivity index (χ0n) is 13.5. The molecule has 3 rings (SSSR count). The molecular weight excluding hydrogens is 324 g/mol. The van der Waals surface area contributed by atoms with Crippen molar-refractivity contribution in [1.82, 2.24) is 14.8 Å². The Morgan fingerprint density at radius 2 is 2.33 bits per heavy atom. The molecule has 1 aliphatic rings. The fourth-order valence-corrected chi connectivity index (χ4v) is 4.54. The quantitative estimate of drug-likeness (QED) is 0.718. The fourth-order valence-electron chi connectivity index (χ4n) is 3.12. The van der Waals surface area contributed by atoms with Crippen molar-refractivity contribution in [2.45, 2.75) is 24.8 Å². The number of aromatic amines is 1. The monoisotopic (exact) mass is 344 g/mol. The Hall–Kier alpha value is -2.40. The number of nitriles is 1. The normalized spacial score (nSPS) is 23.6. The molecule has 1 saturated heterocycles. The van der Waals surface area contributed by atoms with Gasteiger partial charge < -0.3 is 10.3 Å². The van der Waals surface area contributed by atoms with Crippen LogP contribution in [-0.2, 0) is 16.3 Å². The summed E-state index contributed by atoms with van der Waals surface area (Å²) in [6.07, 6.45) is 6.97. The first-order valence-electron chi connectivity index (χ1n) is 7.81. The van der Waals surface area contributed by atoms with Gasteiger partial charge in [-0.05, 0) is 18.9 Å². The summed E-state index contributed by atoms with van der Waals surface area (Å²) < 4.78 is 13.5. The van der Waals surface area contributed by atoms with Crippen molar-refractivity contribution in [2.24, 2.45) is 0 Å². The van der Waals surface area contributed by atoms with Gasteiger partial charge >= 0.3 is 0 Å². The van der Waals surface area contributed by atoms with Crippen molar-refractivity contribution in [3.05, 3.63) is 35.8 Å². The van der Waals surface area contributed by atoms with Crippen LogP contribution in [-0.4, -0.2) is 43.2 Å². The highest BCUT2D eigenvalue weighted by molar-refractivity contribution is 7.85. The molecule has 0 saturated carbocycles. The van der Waals surface area contributed by atoms with Crippen molar-refractivity contribution >= 4 is 22.3 Å². The Bertz CT molecular complexity index is 805. The third-order valence-corrected chi connectivity index (χ3v) is 5.94. The van der Waals surface area contributed by atoms with E-state index in [-0.39, 0.29) is 0 Å². The molecule has 1 fully saturated rings. The summed E-state index contributed by atoms with van der Waals surface area (Å²) in [6.45, 7) is 0. The van der Waals surface area contributed by atoms with Crippen LogP contribution in [0.1, 0.15) is 30.4 Å². The highest BCUT2D eigenvalue weighted by Crippen LogP contribution is 2.33. The van der Waals surface area contributed by atoms with Gasteiger partial charge in [0.25, 0.3) is 0 Å². The van der Waals surface area contributed by atoms with Gasteiger partial charge in [0, 0.05) is 52.9 Å². The predicted molar refractivity (Wildman–Crippen MR) is 93.8 cm³/mol. The maximum atomic E-state index is 11.7. The number of rotatable bonds is 5. The maximum absolute atomic E-state index is 11.7. The van der Waals surface area contributed by atoms with Crippen LogP contribution in [0.2, 0.25) is 0 Å². The Balaban J connectivity index is 1.90. The maximum Gasteiger partial charge on any atom is 0.112 e. The second-order valence-electron chi connectivity index (χ2n) is 5.97. The molecule has 0 amide bonds. The zero-order valence-corrected chi connectivity index (χ0v) is 14.3. The molecular formula is C16H20N6OS. The summed E-state index contributed by atoms with van der Waals surface area (Å²) in [5.41, 5.74) is 1.44.